The van der Waals surface area contributed by atoms with Crippen LogP contribution in [0.2, 0.25) is 0 Å². The third kappa shape index (κ3) is 3.52. The molecule has 2 N–H and O–H groups in total. The predicted octanol–water partition coefficient (Wildman–Crippen LogP) is 2.93. The van der Waals surface area contributed by atoms with E-state index in [1.807, 2.05) is 11.4 Å². The Bertz CT molecular complexity index is 611. The second kappa shape index (κ2) is 6.58. The summed E-state index contributed by atoms with van der Waals surface area (Å²) in [5, 5.41) is 2.05. The van der Waals surface area contributed by atoms with Crippen LogP contribution in [0.25, 0.3) is 0 Å². The highest BCUT2D eigenvalue weighted by Crippen LogP contribution is 2.23. The minimum Gasteiger partial charge on any atom is -0.465 e. The standard InChI is InChI=1S/C15H19N3O2S/c1-10(2)18(9-11-5-4-6-21-11)14-7-12(15(19)20-3)13(16)8-17-14/h4-8,10H,9,16H2,1-3H3. The molecule has 112 valence electrons. The molecule has 5 nitrogen and oxygen atoms in total. The highest BCUT2D eigenvalue weighted by Gasteiger charge is 2.17. The quantitative estimate of drug-likeness (QED) is 0.860. The number of carbonyl (C=O) groups excluding carboxylic acids is 1. The number of thiophene rings is 1. The molecule has 21 heavy (non-hydrogen) atoms. The van der Waals surface area contributed by atoms with E-state index in [0.29, 0.717) is 17.1 Å². The third-order valence-corrected chi connectivity index (χ3v) is 4.01. The molecule has 0 unspecified atom stereocenters. The van der Waals surface area contributed by atoms with Crippen molar-refractivity contribution in [2.75, 3.05) is 17.7 Å². The van der Waals surface area contributed by atoms with Gasteiger partial charge >= 0.3 is 5.97 Å². The van der Waals surface area contributed by atoms with Crippen LogP contribution in [0.15, 0.2) is 29.8 Å². The molecule has 2 rings (SSSR count). The minimum atomic E-state index is -0.448. The molecule has 0 bridgehead atoms. The first-order chi connectivity index (χ1) is 10.0. The normalized spacial score (nSPS) is 10.7. The zero-order chi connectivity index (χ0) is 15.4. The van der Waals surface area contributed by atoms with Gasteiger partial charge in [0.15, 0.2) is 0 Å². The number of pyridine rings is 1. The van der Waals surface area contributed by atoms with Gasteiger partial charge in [0.1, 0.15) is 5.82 Å². The highest BCUT2D eigenvalue weighted by atomic mass is 32.1. The first-order valence-corrected chi connectivity index (χ1v) is 7.53. The number of carbonyl (C=O) groups is 1. The number of methoxy groups -OCH3 is 1. The number of nitrogen functional groups attached to an aromatic ring is 1. The summed E-state index contributed by atoms with van der Waals surface area (Å²) in [6.07, 6.45) is 1.51. The Labute approximate surface area is 128 Å². The maximum Gasteiger partial charge on any atom is 0.340 e. The molecule has 0 aliphatic carbocycles. The summed E-state index contributed by atoms with van der Waals surface area (Å²) in [7, 11) is 1.34. The highest BCUT2D eigenvalue weighted by molar-refractivity contribution is 7.09. The van der Waals surface area contributed by atoms with Gasteiger partial charge in [-0.25, -0.2) is 9.78 Å². The first kappa shape index (κ1) is 15.3. The van der Waals surface area contributed by atoms with E-state index in [0.717, 1.165) is 6.54 Å². The average Bonchev–Trinajstić information content (AvgIpc) is 2.97. The first-order valence-electron chi connectivity index (χ1n) is 6.65. The number of anilines is 2. The molecule has 0 saturated carbocycles. The van der Waals surface area contributed by atoms with Gasteiger partial charge < -0.3 is 15.4 Å². The van der Waals surface area contributed by atoms with E-state index in [1.54, 1.807) is 17.4 Å². The van der Waals surface area contributed by atoms with E-state index in [9.17, 15) is 4.79 Å². The van der Waals surface area contributed by atoms with Crippen molar-refractivity contribution in [3.8, 4) is 0 Å². The SMILES string of the molecule is COC(=O)c1cc(N(Cc2cccs2)C(C)C)ncc1N. The van der Waals surface area contributed by atoms with Gasteiger partial charge in [-0.15, -0.1) is 11.3 Å². The lowest BCUT2D eigenvalue weighted by Crippen LogP contribution is -2.31. The fraction of sp³-hybridized carbons (Fsp3) is 0.333. The van der Waals surface area contributed by atoms with Crippen molar-refractivity contribution < 1.29 is 9.53 Å². The van der Waals surface area contributed by atoms with E-state index >= 15 is 0 Å². The van der Waals surface area contributed by atoms with Crippen molar-refractivity contribution in [2.45, 2.75) is 26.4 Å². The zero-order valence-corrected chi connectivity index (χ0v) is 13.2. The molecule has 2 heterocycles. The molecule has 0 amide bonds. The number of ether oxygens (including phenoxy) is 1. The van der Waals surface area contributed by atoms with Gasteiger partial charge in [0.25, 0.3) is 0 Å². The second-order valence-electron chi connectivity index (χ2n) is 4.92. The van der Waals surface area contributed by atoms with Crippen LogP contribution in [-0.2, 0) is 11.3 Å². The van der Waals surface area contributed by atoms with Crippen LogP contribution < -0.4 is 10.6 Å². The van der Waals surface area contributed by atoms with Crippen LogP contribution in [0.3, 0.4) is 0 Å². The molecule has 0 saturated heterocycles. The fourth-order valence-electron chi connectivity index (χ4n) is 2.00. The van der Waals surface area contributed by atoms with Gasteiger partial charge in [0, 0.05) is 10.9 Å². The number of nitrogens with two attached hydrogens (primary N) is 1. The lowest BCUT2D eigenvalue weighted by molar-refractivity contribution is 0.0602. The van der Waals surface area contributed by atoms with Gasteiger partial charge in [-0.05, 0) is 31.4 Å². The van der Waals surface area contributed by atoms with Crippen LogP contribution in [0.4, 0.5) is 11.5 Å². The fourth-order valence-corrected chi connectivity index (χ4v) is 2.70. The topological polar surface area (TPSA) is 68.5 Å². The number of aromatic nitrogens is 1. The number of nitrogens with zero attached hydrogens (tertiary/aromatic N) is 2. The van der Waals surface area contributed by atoms with Crippen molar-refractivity contribution >= 4 is 28.8 Å². The summed E-state index contributed by atoms with van der Waals surface area (Å²) in [6.45, 7) is 4.92. The Kier molecular flexibility index (Phi) is 4.80. The summed E-state index contributed by atoms with van der Waals surface area (Å²) in [5.41, 5.74) is 6.47. The molecule has 0 radical (unpaired) electrons. The molecule has 0 fully saturated rings. The summed E-state index contributed by atoms with van der Waals surface area (Å²) in [6, 6.07) is 6.04. The van der Waals surface area contributed by atoms with Crippen molar-refractivity contribution in [1.29, 1.82) is 0 Å². The Hall–Kier alpha value is -2.08. The van der Waals surface area contributed by atoms with Crippen molar-refractivity contribution in [3.63, 3.8) is 0 Å². The van der Waals surface area contributed by atoms with Gasteiger partial charge in [0.05, 0.1) is 31.1 Å². The number of esters is 1. The Morgan fingerprint density at radius 3 is 2.86 bits per heavy atom. The molecule has 0 spiro atoms. The predicted molar refractivity (Wildman–Crippen MR) is 85.6 cm³/mol. The number of rotatable bonds is 5. The minimum absolute atomic E-state index is 0.244. The third-order valence-electron chi connectivity index (χ3n) is 3.15. The molecule has 0 aliphatic rings. The van der Waals surface area contributed by atoms with Crippen LogP contribution >= 0.6 is 11.3 Å². The van der Waals surface area contributed by atoms with Crippen LogP contribution in [0, 0.1) is 0 Å². The Morgan fingerprint density at radius 2 is 2.29 bits per heavy atom. The second-order valence-corrected chi connectivity index (χ2v) is 5.95. The van der Waals surface area contributed by atoms with Gasteiger partial charge in [-0.3, -0.25) is 0 Å². The van der Waals surface area contributed by atoms with Gasteiger partial charge in [-0.2, -0.15) is 0 Å². The molecule has 2 aromatic rings. The zero-order valence-electron chi connectivity index (χ0n) is 12.4. The van der Waals surface area contributed by atoms with Crippen molar-refractivity contribution in [3.05, 3.63) is 40.2 Å². The van der Waals surface area contributed by atoms with E-state index in [4.69, 9.17) is 10.5 Å². The molecule has 0 atom stereocenters. The average molecular weight is 305 g/mol. The molecule has 0 aliphatic heterocycles. The lowest BCUT2D eigenvalue weighted by Gasteiger charge is -2.27. The van der Waals surface area contributed by atoms with Crippen molar-refractivity contribution in [2.24, 2.45) is 0 Å². The van der Waals surface area contributed by atoms with Crippen molar-refractivity contribution in [1.82, 2.24) is 4.98 Å². The smallest absolute Gasteiger partial charge is 0.340 e. The molecule has 2 aromatic heterocycles. The number of hydrogen-bond acceptors (Lipinski definition) is 6. The van der Waals surface area contributed by atoms with E-state index in [2.05, 4.69) is 29.8 Å². The summed E-state index contributed by atoms with van der Waals surface area (Å²) in [5.74, 6) is 0.268. The van der Waals surface area contributed by atoms with Crippen LogP contribution in [0.1, 0.15) is 29.1 Å². The largest absolute Gasteiger partial charge is 0.465 e. The molecule has 0 aromatic carbocycles. The summed E-state index contributed by atoms with van der Waals surface area (Å²) >= 11 is 1.70. The van der Waals surface area contributed by atoms with Crippen LogP contribution in [0.5, 0.6) is 0 Å². The van der Waals surface area contributed by atoms with E-state index in [-0.39, 0.29) is 6.04 Å². The summed E-state index contributed by atoms with van der Waals surface area (Å²) in [4.78, 5) is 19.5. The maximum absolute atomic E-state index is 11.7. The van der Waals surface area contributed by atoms with E-state index in [1.165, 1.54) is 18.2 Å². The van der Waals surface area contributed by atoms with Gasteiger partial charge in [0.2, 0.25) is 0 Å². The Morgan fingerprint density at radius 1 is 1.52 bits per heavy atom. The molecule has 6 heteroatoms. The molecular weight excluding hydrogens is 286 g/mol. The van der Waals surface area contributed by atoms with Gasteiger partial charge in [-0.1, -0.05) is 6.07 Å². The maximum atomic E-state index is 11.7. The lowest BCUT2D eigenvalue weighted by atomic mass is 10.2. The monoisotopic (exact) mass is 305 g/mol. The van der Waals surface area contributed by atoms with Crippen LogP contribution in [-0.4, -0.2) is 24.1 Å². The number of hydrogen-bond donors (Lipinski definition) is 1. The summed E-state index contributed by atoms with van der Waals surface area (Å²) < 4.78 is 4.76. The Balaban J connectivity index is 2.34. The molecular formula is C15H19N3O2S. The van der Waals surface area contributed by atoms with E-state index < -0.39 is 5.97 Å².